The van der Waals surface area contributed by atoms with Gasteiger partial charge < -0.3 is 14.6 Å². The molecule has 0 spiro atoms. The van der Waals surface area contributed by atoms with Gasteiger partial charge in [0.25, 0.3) is 0 Å². The molecule has 1 N–H and O–H groups in total. The van der Waals surface area contributed by atoms with Gasteiger partial charge in [-0.3, -0.25) is 0 Å². The molecule has 2 aromatic carbocycles. The summed E-state index contributed by atoms with van der Waals surface area (Å²) in [6.07, 6.45) is 5.99. The van der Waals surface area contributed by atoms with Crippen molar-refractivity contribution in [1.82, 2.24) is 14.8 Å². The molecule has 6 nitrogen and oxygen atoms in total. The molecule has 0 radical (unpaired) electrons. The number of hydrogen-bond acceptors (Lipinski definition) is 6. The standard InChI is InChI=1S/C24H24ClF2N3O3S/c1-16(24(31,13-30-15-28-14-29-30)21-8-7-19(26)10-22(21)27)34-20-11-32-23(33-12-20)9-4-17-2-5-18(25)6-3-17/h2-10,14-16,20,23,31H,11-13H2,1H3/t16-,20?,23?,24-/m1/s1. The van der Waals surface area contributed by atoms with Gasteiger partial charge in [0.2, 0.25) is 0 Å². The molecular formula is C24H24ClF2N3O3S. The minimum Gasteiger partial charge on any atom is -0.382 e. The number of hydrogen-bond donors (Lipinski definition) is 1. The van der Waals surface area contributed by atoms with Gasteiger partial charge in [-0.2, -0.15) is 5.10 Å². The van der Waals surface area contributed by atoms with Gasteiger partial charge in [0.1, 0.15) is 29.9 Å². The fraction of sp³-hybridized carbons (Fsp3) is 0.333. The van der Waals surface area contributed by atoms with Crippen LogP contribution in [0.1, 0.15) is 18.1 Å². The highest BCUT2D eigenvalue weighted by Gasteiger charge is 2.41. The van der Waals surface area contributed by atoms with Gasteiger partial charge in [-0.1, -0.05) is 42.8 Å². The summed E-state index contributed by atoms with van der Waals surface area (Å²) >= 11 is 7.32. The molecule has 2 heterocycles. The first kappa shape index (κ1) is 24.8. The quantitative estimate of drug-likeness (QED) is 0.477. The molecule has 0 bridgehead atoms. The molecule has 34 heavy (non-hydrogen) atoms. The predicted octanol–water partition coefficient (Wildman–Crippen LogP) is 4.67. The fourth-order valence-corrected chi connectivity index (χ4v) is 5.13. The van der Waals surface area contributed by atoms with Crippen LogP contribution in [0.15, 0.2) is 61.2 Å². The van der Waals surface area contributed by atoms with Gasteiger partial charge in [0.05, 0.1) is 25.0 Å². The Hall–Kier alpha value is -2.30. The molecule has 3 aromatic rings. The van der Waals surface area contributed by atoms with Gasteiger partial charge in [-0.25, -0.2) is 18.4 Å². The number of thioether (sulfide) groups is 1. The molecule has 1 aromatic heterocycles. The topological polar surface area (TPSA) is 69.4 Å². The Balaban J connectivity index is 1.41. The summed E-state index contributed by atoms with van der Waals surface area (Å²) in [7, 11) is 0. The molecule has 0 amide bonds. The van der Waals surface area contributed by atoms with E-state index in [9.17, 15) is 13.9 Å². The molecule has 2 atom stereocenters. The predicted molar refractivity (Wildman–Crippen MR) is 127 cm³/mol. The molecule has 180 valence electrons. The minimum atomic E-state index is -1.68. The van der Waals surface area contributed by atoms with Crippen LogP contribution in [-0.2, 0) is 21.6 Å². The van der Waals surface area contributed by atoms with Crippen LogP contribution in [0, 0.1) is 11.6 Å². The van der Waals surface area contributed by atoms with Crippen LogP contribution >= 0.6 is 23.4 Å². The van der Waals surface area contributed by atoms with Gasteiger partial charge in [0.15, 0.2) is 6.29 Å². The highest BCUT2D eigenvalue weighted by atomic mass is 35.5. The van der Waals surface area contributed by atoms with Crippen LogP contribution in [0.25, 0.3) is 6.08 Å². The summed E-state index contributed by atoms with van der Waals surface area (Å²) in [4.78, 5) is 3.89. The maximum atomic E-state index is 14.7. The van der Waals surface area contributed by atoms with E-state index in [-0.39, 0.29) is 17.4 Å². The summed E-state index contributed by atoms with van der Waals surface area (Å²) in [5.74, 6) is -1.53. The molecule has 1 fully saturated rings. The normalized spacial score (nSPS) is 21.4. The number of ether oxygens (including phenoxy) is 2. The van der Waals surface area contributed by atoms with Gasteiger partial charge >= 0.3 is 0 Å². The molecule has 1 aliphatic heterocycles. The van der Waals surface area contributed by atoms with Gasteiger partial charge in [-0.15, -0.1) is 11.8 Å². The van der Waals surface area contributed by atoms with Crippen molar-refractivity contribution in [2.45, 2.75) is 35.9 Å². The highest BCUT2D eigenvalue weighted by Crippen LogP contribution is 2.38. The Labute approximate surface area is 205 Å². The molecule has 0 saturated carbocycles. The van der Waals surface area contributed by atoms with Crippen molar-refractivity contribution in [3.8, 4) is 0 Å². The average Bonchev–Trinajstić information content (AvgIpc) is 3.32. The molecule has 1 aliphatic rings. The van der Waals surface area contributed by atoms with Crippen molar-refractivity contribution < 1.29 is 23.4 Å². The number of halogens is 3. The third-order valence-electron chi connectivity index (χ3n) is 5.54. The SMILES string of the molecule is C[C@@H](SC1COC(C=Cc2ccc(Cl)cc2)OC1)[C@](O)(Cn1cncn1)c1ccc(F)cc1F. The monoisotopic (exact) mass is 507 g/mol. The first-order valence-electron chi connectivity index (χ1n) is 10.7. The van der Waals surface area contributed by atoms with Crippen LogP contribution in [0.2, 0.25) is 5.02 Å². The van der Waals surface area contributed by atoms with Crippen LogP contribution < -0.4 is 0 Å². The van der Waals surface area contributed by atoms with Gasteiger partial charge in [0, 0.05) is 21.9 Å². The second-order valence-corrected chi connectivity index (χ2v) is 10.1. The van der Waals surface area contributed by atoms with E-state index in [1.54, 1.807) is 6.92 Å². The first-order valence-corrected chi connectivity index (χ1v) is 12.0. The maximum absolute atomic E-state index is 14.7. The summed E-state index contributed by atoms with van der Waals surface area (Å²) in [6, 6.07) is 10.6. The van der Waals surface area contributed by atoms with Crippen molar-refractivity contribution in [2.75, 3.05) is 13.2 Å². The minimum absolute atomic E-state index is 0.00850. The van der Waals surface area contributed by atoms with Crippen molar-refractivity contribution in [2.24, 2.45) is 0 Å². The smallest absolute Gasteiger partial charge is 0.177 e. The van der Waals surface area contributed by atoms with E-state index < -0.39 is 28.8 Å². The Morgan fingerprint density at radius 3 is 2.62 bits per heavy atom. The number of benzene rings is 2. The third-order valence-corrected chi connectivity index (χ3v) is 7.25. The third kappa shape index (κ3) is 6.03. The number of nitrogens with zero attached hydrogens (tertiary/aromatic N) is 3. The second-order valence-electron chi connectivity index (χ2n) is 7.99. The lowest BCUT2D eigenvalue weighted by molar-refractivity contribution is -0.146. The van der Waals surface area contributed by atoms with E-state index in [0.717, 1.165) is 17.7 Å². The van der Waals surface area contributed by atoms with Crippen LogP contribution in [0.4, 0.5) is 8.78 Å². The van der Waals surface area contributed by atoms with Crippen molar-refractivity contribution in [1.29, 1.82) is 0 Å². The van der Waals surface area contributed by atoms with E-state index in [1.807, 2.05) is 36.4 Å². The molecule has 1 saturated heterocycles. The van der Waals surface area contributed by atoms with Crippen LogP contribution in [0.5, 0.6) is 0 Å². The average molecular weight is 508 g/mol. The Kier molecular flexibility index (Phi) is 8.00. The maximum Gasteiger partial charge on any atom is 0.177 e. The Bertz CT molecular complexity index is 1110. The van der Waals surface area contributed by atoms with Crippen molar-refractivity contribution in [3.05, 3.63) is 89.0 Å². The summed E-state index contributed by atoms with van der Waals surface area (Å²) in [5.41, 5.74) is -0.714. The molecule has 10 heteroatoms. The molecule has 0 aliphatic carbocycles. The Morgan fingerprint density at radius 2 is 1.97 bits per heavy atom. The lowest BCUT2D eigenvalue weighted by atomic mass is 9.90. The summed E-state index contributed by atoms with van der Waals surface area (Å²) < 4.78 is 41.3. The molecular weight excluding hydrogens is 484 g/mol. The fourth-order valence-electron chi connectivity index (χ4n) is 3.69. The van der Waals surface area contributed by atoms with E-state index in [2.05, 4.69) is 10.1 Å². The zero-order valence-electron chi connectivity index (χ0n) is 18.4. The second kappa shape index (κ2) is 11.0. The zero-order valence-corrected chi connectivity index (χ0v) is 19.9. The van der Waals surface area contributed by atoms with Gasteiger partial charge in [-0.05, 0) is 29.8 Å². The highest BCUT2D eigenvalue weighted by molar-refractivity contribution is 8.00. The number of aliphatic hydroxyl groups is 1. The lowest BCUT2D eigenvalue weighted by Crippen LogP contribution is -2.43. The van der Waals surface area contributed by atoms with Crippen LogP contribution in [-0.4, -0.2) is 49.9 Å². The van der Waals surface area contributed by atoms with Crippen LogP contribution in [0.3, 0.4) is 0 Å². The molecule has 4 rings (SSSR count). The Morgan fingerprint density at radius 1 is 1.24 bits per heavy atom. The van der Waals surface area contributed by atoms with Crippen molar-refractivity contribution in [3.63, 3.8) is 0 Å². The van der Waals surface area contributed by atoms with E-state index in [0.29, 0.717) is 18.2 Å². The summed E-state index contributed by atoms with van der Waals surface area (Å²) in [6.45, 7) is 2.51. The van der Waals surface area contributed by atoms with E-state index >= 15 is 0 Å². The number of aromatic nitrogens is 3. The zero-order chi connectivity index (χ0) is 24.1. The largest absolute Gasteiger partial charge is 0.382 e. The summed E-state index contributed by atoms with van der Waals surface area (Å²) in [5, 5.41) is 15.7. The lowest BCUT2D eigenvalue weighted by Gasteiger charge is -2.37. The first-order chi connectivity index (χ1) is 16.3. The van der Waals surface area contributed by atoms with Crippen molar-refractivity contribution >= 4 is 29.4 Å². The van der Waals surface area contributed by atoms with E-state index in [1.165, 1.54) is 35.2 Å². The number of rotatable bonds is 8. The van der Waals surface area contributed by atoms with E-state index in [4.69, 9.17) is 21.1 Å². The molecule has 0 unspecified atom stereocenters.